The van der Waals surface area contributed by atoms with Gasteiger partial charge in [0.05, 0.1) is 0 Å². The standard InChI is InChI=1S/C9H15NO2S/c11-9(7-8-1-2-8)10-3-5-13(12)6-4-10/h8H,1-7H2. The summed E-state index contributed by atoms with van der Waals surface area (Å²) in [6.45, 7) is 1.41. The third-order valence-electron chi connectivity index (χ3n) is 2.69. The zero-order valence-electron chi connectivity index (χ0n) is 7.70. The molecule has 2 aliphatic rings. The van der Waals surface area contributed by atoms with Gasteiger partial charge in [-0.3, -0.25) is 9.00 Å². The second kappa shape index (κ2) is 3.78. The molecule has 0 aromatic rings. The number of nitrogens with zero attached hydrogens (tertiary/aromatic N) is 1. The zero-order valence-corrected chi connectivity index (χ0v) is 8.52. The van der Waals surface area contributed by atoms with Crippen LogP contribution in [0.15, 0.2) is 0 Å². The van der Waals surface area contributed by atoms with Gasteiger partial charge in [-0.2, -0.15) is 0 Å². The lowest BCUT2D eigenvalue weighted by Gasteiger charge is -2.26. The van der Waals surface area contributed by atoms with Gasteiger partial charge < -0.3 is 4.90 Å². The molecule has 1 heterocycles. The monoisotopic (exact) mass is 201 g/mol. The fraction of sp³-hybridized carbons (Fsp3) is 0.889. The molecule has 13 heavy (non-hydrogen) atoms. The maximum atomic E-state index is 11.6. The molecule has 0 N–H and O–H groups in total. The van der Waals surface area contributed by atoms with Crippen LogP contribution in [0.5, 0.6) is 0 Å². The van der Waals surface area contributed by atoms with Crippen molar-refractivity contribution in [3.63, 3.8) is 0 Å². The Balaban J connectivity index is 1.78. The minimum atomic E-state index is -0.668. The van der Waals surface area contributed by atoms with E-state index in [0.29, 0.717) is 30.5 Å². The van der Waals surface area contributed by atoms with Gasteiger partial charge in [-0.05, 0) is 18.8 Å². The van der Waals surface area contributed by atoms with Crippen molar-refractivity contribution in [3.05, 3.63) is 0 Å². The minimum absolute atomic E-state index is 0.277. The molecule has 0 spiro atoms. The lowest BCUT2D eigenvalue weighted by molar-refractivity contribution is -0.131. The fourth-order valence-electron chi connectivity index (χ4n) is 1.59. The fourth-order valence-corrected chi connectivity index (χ4v) is 2.64. The molecular formula is C9H15NO2S. The van der Waals surface area contributed by atoms with Crippen LogP contribution in [0.25, 0.3) is 0 Å². The van der Waals surface area contributed by atoms with Crippen molar-refractivity contribution >= 4 is 16.7 Å². The van der Waals surface area contributed by atoms with Crippen LogP contribution >= 0.6 is 0 Å². The summed E-state index contributed by atoms with van der Waals surface area (Å²) < 4.78 is 11.0. The van der Waals surface area contributed by atoms with Crippen LogP contribution in [0.4, 0.5) is 0 Å². The predicted molar refractivity (Wildman–Crippen MR) is 51.8 cm³/mol. The number of amides is 1. The highest BCUT2D eigenvalue weighted by molar-refractivity contribution is 7.85. The topological polar surface area (TPSA) is 37.4 Å². The highest BCUT2D eigenvalue weighted by atomic mass is 32.2. The van der Waals surface area contributed by atoms with Crippen LogP contribution in [-0.4, -0.2) is 39.6 Å². The summed E-state index contributed by atoms with van der Waals surface area (Å²) in [5, 5.41) is 0. The van der Waals surface area contributed by atoms with Gasteiger partial charge in [0, 0.05) is 41.8 Å². The molecule has 0 atom stereocenters. The van der Waals surface area contributed by atoms with Gasteiger partial charge in [0.1, 0.15) is 0 Å². The van der Waals surface area contributed by atoms with Crippen molar-refractivity contribution < 1.29 is 9.00 Å². The SMILES string of the molecule is O=C(CC1CC1)N1CCS(=O)CC1. The number of hydrogen-bond acceptors (Lipinski definition) is 2. The van der Waals surface area contributed by atoms with Crippen molar-refractivity contribution in [3.8, 4) is 0 Å². The summed E-state index contributed by atoms with van der Waals surface area (Å²) in [6.07, 6.45) is 3.18. The van der Waals surface area contributed by atoms with Gasteiger partial charge in [-0.1, -0.05) is 0 Å². The third kappa shape index (κ3) is 2.53. The molecule has 2 rings (SSSR count). The van der Waals surface area contributed by atoms with E-state index in [9.17, 15) is 9.00 Å². The van der Waals surface area contributed by atoms with E-state index in [0.717, 1.165) is 6.42 Å². The van der Waals surface area contributed by atoms with Crippen molar-refractivity contribution in [1.29, 1.82) is 0 Å². The molecule has 74 valence electrons. The van der Waals surface area contributed by atoms with Crippen molar-refractivity contribution in [1.82, 2.24) is 4.90 Å². The molecule has 4 heteroatoms. The molecule has 2 fully saturated rings. The average Bonchev–Trinajstić information content (AvgIpc) is 2.89. The molecule has 0 aromatic carbocycles. The molecular weight excluding hydrogens is 186 g/mol. The Morgan fingerprint density at radius 3 is 2.46 bits per heavy atom. The van der Waals surface area contributed by atoms with E-state index in [-0.39, 0.29) is 5.91 Å². The van der Waals surface area contributed by atoms with Gasteiger partial charge >= 0.3 is 0 Å². The molecule has 1 amide bonds. The minimum Gasteiger partial charge on any atom is -0.341 e. The normalized spacial score (nSPS) is 24.8. The number of carbonyl (C=O) groups excluding carboxylic acids is 1. The van der Waals surface area contributed by atoms with E-state index >= 15 is 0 Å². The summed E-state index contributed by atoms with van der Waals surface area (Å²) in [7, 11) is -0.668. The molecule has 1 aliphatic heterocycles. The largest absolute Gasteiger partial charge is 0.341 e. The van der Waals surface area contributed by atoms with E-state index in [1.54, 1.807) is 0 Å². The first kappa shape index (κ1) is 9.19. The third-order valence-corrected chi connectivity index (χ3v) is 3.97. The Morgan fingerprint density at radius 2 is 1.92 bits per heavy atom. The number of hydrogen-bond donors (Lipinski definition) is 0. The second-order valence-corrected chi connectivity index (χ2v) is 5.57. The summed E-state index contributed by atoms with van der Waals surface area (Å²) >= 11 is 0. The van der Waals surface area contributed by atoms with E-state index in [1.165, 1.54) is 12.8 Å². The Kier molecular flexibility index (Phi) is 2.67. The molecule has 0 aromatic heterocycles. The highest BCUT2D eigenvalue weighted by Gasteiger charge is 2.28. The maximum absolute atomic E-state index is 11.6. The summed E-state index contributed by atoms with van der Waals surface area (Å²) in [4.78, 5) is 13.5. The van der Waals surface area contributed by atoms with Gasteiger partial charge in [0.15, 0.2) is 0 Å². The van der Waals surface area contributed by atoms with Crippen LogP contribution in [0.3, 0.4) is 0 Å². The Labute approximate surface area is 80.9 Å². The van der Waals surface area contributed by atoms with E-state index in [2.05, 4.69) is 0 Å². The van der Waals surface area contributed by atoms with Gasteiger partial charge in [0.2, 0.25) is 5.91 Å². The van der Waals surface area contributed by atoms with Gasteiger partial charge in [-0.25, -0.2) is 0 Å². The van der Waals surface area contributed by atoms with Crippen molar-refractivity contribution in [2.45, 2.75) is 19.3 Å². The highest BCUT2D eigenvalue weighted by Crippen LogP contribution is 2.32. The smallest absolute Gasteiger partial charge is 0.222 e. The summed E-state index contributed by atoms with van der Waals surface area (Å²) in [5.74, 6) is 2.30. The molecule has 1 saturated carbocycles. The Hall–Kier alpha value is -0.380. The molecule has 0 unspecified atom stereocenters. The number of carbonyl (C=O) groups is 1. The van der Waals surface area contributed by atoms with E-state index in [4.69, 9.17) is 0 Å². The van der Waals surface area contributed by atoms with E-state index in [1.807, 2.05) is 4.90 Å². The lowest BCUT2D eigenvalue weighted by Crippen LogP contribution is -2.41. The van der Waals surface area contributed by atoms with Crippen LogP contribution in [0, 0.1) is 5.92 Å². The molecule has 0 radical (unpaired) electrons. The van der Waals surface area contributed by atoms with Gasteiger partial charge in [0.25, 0.3) is 0 Å². The average molecular weight is 201 g/mol. The van der Waals surface area contributed by atoms with Crippen molar-refractivity contribution in [2.75, 3.05) is 24.6 Å². The maximum Gasteiger partial charge on any atom is 0.222 e. The first-order valence-corrected chi connectivity index (χ1v) is 6.37. The molecule has 1 saturated heterocycles. The molecule has 1 aliphatic carbocycles. The quantitative estimate of drug-likeness (QED) is 0.647. The Bertz CT molecular complexity index is 228. The van der Waals surface area contributed by atoms with Gasteiger partial charge in [-0.15, -0.1) is 0 Å². The summed E-state index contributed by atoms with van der Waals surface area (Å²) in [5.41, 5.74) is 0. The first-order valence-electron chi connectivity index (χ1n) is 4.88. The summed E-state index contributed by atoms with van der Waals surface area (Å²) in [6, 6.07) is 0. The lowest BCUT2D eigenvalue weighted by atomic mass is 10.2. The van der Waals surface area contributed by atoms with Crippen molar-refractivity contribution in [2.24, 2.45) is 5.92 Å². The second-order valence-electron chi connectivity index (χ2n) is 3.88. The van der Waals surface area contributed by atoms with Crippen LogP contribution in [0.1, 0.15) is 19.3 Å². The van der Waals surface area contributed by atoms with E-state index < -0.39 is 10.8 Å². The van der Waals surface area contributed by atoms with Crippen LogP contribution < -0.4 is 0 Å². The zero-order chi connectivity index (χ0) is 9.26. The number of rotatable bonds is 2. The Morgan fingerprint density at radius 1 is 1.31 bits per heavy atom. The van der Waals surface area contributed by atoms with Crippen LogP contribution in [0.2, 0.25) is 0 Å². The van der Waals surface area contributed by atoms with Crippen LogP contribution in [-0.2, 0) is 15.6 Å². The molecule has 0 bridgehead atoms. The predicted octanol–water partition coefficient (Wildman–Crippen LogP) is 0.377. The molecule has 3 nitrogen and oxygen atoms in total. The first-order chi connectivity index (χ1) is 6.25.